The van der Waals surface area contributed by atoms with Gasteiger partial charge in [0.1, 0.15) is 0 Å². The van der Waals surface area contributed by atoms with E-state index in [1.54, 1.807) is 0 Å². The Labute approximate surface area is 244 Å². The molecule has 0 unspecified atom stereocenters. The van der Waals surface area contributed by atoms with Gasteiger partial charge in [0.2, 0.25) is 0 Å². The molecule has 2 nitrogen and oxygen atoms in total. The van der Waals surface area contributed by atoms with Crippen LogP contribution in [0.25, 0.3) is 71.4 Å². The lowest BCUT2D eigenvalue weighted by Gasteiger charge is -2.22. The van der Waals surface area contributed by atoms with Gasteiger partial charge < -0.3 is 4.57 Å². The van der Waals surface area contributed by atoms with Crippen LogP contribution in [-0.2, 0) is 5.41 Å². The molecule has 0 spiro atoms. The molecule has 2 aromatic heterocycles. The Morgan fingerprint density at radius 2 is 1.29 bits per heavy atom. The van der Waals surface area contributed by atoms with Crippen molar-refractivity contribution in [2.24, 2.45) is 0 Å². The van der Waals surface area contributed by atoms with Crippen molar-refractivity contribution in [2.45, 2.75) is 19.3 Å². The highest BCUT2D eigenvalue weighted by Crippen LogP contribution is 2.49. The highest BCUT2D eigenvalue weighted by atomic mass is 15.0. The molecule has 0 bridgehead atoms. The van der Waals surface area contributed by atoms with E-state index < -0.39 is 0 Å². The second kappa shape index (κ2) is 8.41. The summed E-state index contributed by atoms with van der Waals surface area (Å²) in [6.45, 7) is 4.70. The minimum absolute atomic E-state index is 0.0206. The summed E-state index contributed by atoms with van der Waals surface area (Å²) in [6, 6.07) is 46.7. The number of para-hydroxylation sites is 1. The van der Waals surface area contributed by atoms with E-state index in [0.29, 0.717) is 0 Å². The molecule has 2 heteroatoms. The first kappa shape index (κ1) is 23.5. The second-order valence-corrected chi connectivity index (χ2v) is 12.0. The van der Waals surface area contributed by atoms with Crippen molar-refractivity contribution < 1.29 is 0 Å². The fourth-order valence-electron chi connectivity index (χ4n) is 7.38. The molecule has 42 heavy (non-hydrogen) atoms. The summed E-state index contributed by atoms with van der Waals surface area (Å²) >= 11 is 0. The molecule has 9 rings (SSSR count). The van der Waals surface area contributed by atoms with Gasteiger partial charge in [-0.05, 0) is 75.2 Å². The van der Waals surface area contributed by atoms with Crippen molar-refractivity contribution >= 4 is 43.5 Å². The van der Waals surface area contributed by atoms with E-state index in [1.165, 1.54) is 66.0 Å². The highest BCUT2D eigenvalue weighted by molar-refractivity contribution is 6.15. The standard InChI is InChI=1S/C40H28N2/c1-40(2)33-13-5-3-11-29(33)30-20-18-28(24-34(30)40)27-19-21-36-32(23-27)31-12-4-6-14-35(31)42(36)37-15-7-9-25-16-17-26-10-8-22-41-39(26)38(25)37/h3-24H,1-2H3. The predicted molar refractivity (Wildman–Crippen MR) is 177 cm³/mol. The summed E-state index contributed by atoms with van der Waals surface area (Å²) in [5.74, 6) is 0. The van der Waals surface area contributed by atoms with Gasteiger partial charge in [-0.15, -0.1) is 0 Å². The van der Waals surface area contributed by atoms with Crippen molar-refractivity contribution in [3.05, 3.63) is 145 Å². The number of pyridine rings is 1. The van der Waals surface area contributed by atoms with Crippen LogP contribution in [0.5, 0.6) is 0 Å². The zero-order chi connectivity index (χ0) is 28.0. The van der Waals surface area contributed by atoms with Crippen molar-refractivity contribution in [2.75, 3.05) is 0 Å². The SMILES string of the molecule is CC1(C)c2ccccc2-c2ccc(-c3ccc4c(c3)c3ccccc3n4-c3cccc4ccc5cccnc5c34)cc21. The van der Waals surface area contributed by atoms with Gasteiger partial charge in [0.15, 0.2) is 0 Å². The van der Waals surface area contributed by atoms with Crippen LogP contribution in [0.15, 0.2) is 134 Å². The van der Waals surface area contributed by atoms with Crippen LogP contribution in [0, 0.1) is 0 Å². The normalized spacial score (nSPS) is 13.7. The number of aromatic nitrogens is 2. The maximum atomic E-state index is 4.84. The molecule has 0 atom stereocenters. The summed E-state index contributed by atoms with van der Waals surface area (Å²) in [5, 5.41) is 6.05. The molecule has 0 fully saturated rings. The van der Waals surface area contributed by atoms with Crippen molar-refractivity contribution in [3.8, 4) is 27.9 Å². The molecule has 2 heterocycles. The van der Waals surface area contributed by atoms with E-state index in [0.717, 1.165) is 16.6 Å². The number of hydrogen-bond acceptors (Lipinski definition) is 1. The van der Waals surface area contributed by atoms with Crippen LogP contribution in [0.3, 0.4) is 0 Å². The molecule has 1 aliphatic carbocycles. The number of fused-ring (bicyclic) bond motifs is 9. The van der Waals surface area contributed by atoms with E-state index in [2.05, 4.69) is 140 Å². The zero-order valence-electron chi connectivity index (χ0n) is 23.6. The first-order valence-corrected chi connectivity index (χ1v) is 14.6. The van der Waals surface area contributed by atoms with Gasteiger partial charge in [-0.1, -0.05) is 105 Å². The fraction of sp³-hybridized carbons (Fsp3) is 0.0750. The van der Waals surface area contributed by atoms with Crippen LogP contribution in [-0.4, -0.2) is 9.55 Å². The number of benzene rings is 6. The molecule has 0 radical (unpaired) electrons. The van der Waals surface area contributed by atoms with Crippen LogP contribution >= 0.6 is 0 Å². The van der Waals surface area contributed by atoms with E-state index in [1.807, 2.05) is 12.3 Å². The summed E-state index contributed by atoms with van der Waals surface area (Å²) in [5.41, 5.74) is 12.6. The van der Waals surface area contributed by atoms with Crippen molar-refractivity contribution in [1.29, 1.82) is 0 Å². The molecule has 0 N–H and O–H groups in total. The summed E-state index contributed by atoms with van der Waals surface area (Å²) in [7, 11) is 0. The molecule has 0 amide bonds. The molecule has 0 saturated heterocycles. The first-order valence-electron chi connectivity index (χ1n) is 14.6. The average Bonchev–Trinajstić information content (AvgIpc) is 3.49. The summed E-state index contributed by atoms with van der Waals surface area (Å²) in [6.07, 6.45) is 1.90. The Kier molecular flexibility index (Phi) is 4.70. The monoisotopic (exact) mass is 536 g/mol. The van der Waals surface area contributed by atoms with E-state index in [9.17, 15) is 0 Å². The minimum Gasteiger partial charge on any atom is -0.309 e. The summed E-state index contributed by atoms with van der Waals surface area (Å²) in [4.78, 5) is 4.84. The Morgan fingerprint density at radius 1 is 0.548 bits per heavy atom. The molecule has 0 saturated carbocycles. The largest absolute Gasteiger partial charge is 0.309 e. The van der Waals surface area contributed by atoms with Crippen LogP contribution in [0.4, 0.5) is 0 Å². The summed E-state index contributed by atoms with van der Waals surface area (Å²) < 4.78 is 2.42. The van der Waals surface area contributed by atoms with Gasteiger partial charge in [0.05, 0.1) is 22.2 Å². The first-order chi connectivity index (χ1) is 20.6. The molecule has 8 aromatic rings. The molecule has 198 valence electrons. The zero-order valence-corrected chi connectivity index (χ0v) is 23.6. The van der Waals surface area contributed by atoms with Crippen LogP contribution in [0.1, 0.15) is 25.0 Å². The van der Waals surface area contributed by atoms with Crippen molar-refractivity contribution in [3.63, 3.8) is 0 Å². The van der Waals surface area contributed by atoms with Gasteiger partial charge in [0, 0.05) is 33.2 Å². The van der Waals surface area contributed by atoms with Gasteiger partial charge >= 0.3 is 0 Å². The lowest BCUT2D eigenvalue weighted by Crippen LogP contribution is -2.14. The number of nitrogens with zero attached hydrogens (tertiary/aromatic N) is 2. The number of rotatable bonds is 2. The third kappa shape index (κ3) is 3.12. The molecule has 1 aliphatic rings. The third-order valence-electron chi connectivity index (χ3n) is 9.42. The third-order valence-corrected chi connectivity index (χ3v) is 9.42. The Bertz CT molecular complexity index is 2390. The van der Waals surface area contributed by atoms with Gasteiger partial charge in [-0.2, -0.15) is 0 Å². The maximum Gasteiger partial charge on any atom is 0.0801 e. The quantitative estimate of drug-likeness (QED) is 0.201. The average molecular weight is 537 g/mol. The second-order valence-electron chi connectivity index (χ2n) is 12.0. The molecule has 6 aromatic carbocycles. The van der Waals surface area contributed by atoms with Crippen LogP contribution < -0.4 is 0 Å². The molecular weight excluding hydrogens is 508 g/mol. The Morgan fingerprint density at radius 3 is 2.24 bits per heavy atom. The Hall–Kier alpha value is -5.21. The molecular formula is C40H28N2. The van der Waals surface area contributed by atoms with Crippen molar-refractivity contribution in [1.82, 2.24) is 9.55 Å². The van der Waals surface area contributed by atoms with Gasteiger partial charge in [-0.25, -0.2) is 0 Å². The smallest absolute Gasteiger partial charge is 0.0801 e. The highest BCUT2D eigenvalue weighted by Gasteiger charge is 2.35. The number of hydrogen-bond donors (Lipinski definition) is 0. The van der Waals surface area contributed by atoms with Crippen LogP contribution in [0.2, 0.25) is 0 Å². The maximum absolute atomic E-state index is 4.84. The lowest BCUT2D eigenvalue weighted by atomic mass is 9.81. The minimum atomic E-state index is -0.0206. The topological polar surface area (TPSA) is 17.8 Å². The van der Waals surface area contributed by atoms with Gasteiger partial charge in [-0.3, -0.25) is 4.98 Å². The lowest BCUT2D eigenvalue weighted by molar-refractivity contribution is 0.660. The predicted octanol–water partition coefficient (Wildman–Crippen LogP) is 10.5. The fourth-order valence-corrected chi connectivity index (χ4v) is 7.38. The van der Waals surface area contributed by atoms with E-state index >= 15 is 0 Å². The Balaban J connectivity index is 1.29. The van der Waals surface area contributed by atoms with E-state index in [4.69, 9.17) is 4.98 Å². The van der Waals surface area contributed by atoms with E-state index in [-0.39, 0.29) is 5.41 Å². The molecule has 0 aliphatic heterocycles. The van der Waals surface area contributed by atoms with Gasteiger partial charge in [0.25, 0.3) is 0 Å².